The predicted octanol–water partition coefficient (Wildman–Crippen LogP) is 1.70. The molecule has 0 aromatic rings. The molecule has 0 heterocycles. The van der Waals surface area contributed by atoms with Gasteiger partial charge in [-0.25, -0.2) is 8.78 Å². The number of carbonyl (C=O) groups is 1. The van der Waals surface area contributed by atoms with Crippen molar-refractivity contribution in [3.8, 4) is 0 Å². The number of hydrogen-bond donors (Lipinski definition) is 2. The molecule has 5 heteroatoms. The summed E-state index contributed by atoms with van der Waals surface area (Å²) >= 11 is 0. The zero-order valence-electron chi connectivity index (χ0n) is 9.51. The van der Waals surface area contributed by atoms with E-state index in [2.05, 4.69) is 5.32 Å². The molecule has 1 fully saturated rings. The fourth-order valence-corrected chi connectivity index (χ4v) is 2.06. The highest BCUT2D eigenvalue weighted by atomic mass is 19.3. The molecule has 1 atom stereocenters. The quantitative estimate of drug-likeness (QED) is 0.779. The molecule has 0 aromatic carbocycles. The first-order valence-corrected chi connectivity index (χ1v) is 5.70. The highest BCUT2D eigenvalue weighted by Crippen LogP contribution is 2.35. The van der Waals surface area contributed by atoms with Gasteiger partial charge >= 0.3 is 0 Å². The van der Waals surface area contributed by atoms with Crippen molar-refractivity contribution in [1.82, 2.24) is 5.32 Å². The van der Waals surface area contributed by atoms with Gasteiger partial charge in [0.05, 0.1) is 0 Å². The van der Waals surface area contributed by atoms with E-state index in [1.165, 1.54) is 0 Å². The number of amides is 1. The third-order valence-electron chi connectivity index (χ3n) is 3.27. The highest BCUT2D eigenvalue weighted by Gasteiger charge is 2.34. The van der Waals surface area contributed by atoms with E-state index in [9.17, 15) is 13.6 Å². The number of alkyl halides is 2. The van der Waals surface area contributed by atoms with Crippen LogP contribution in [-0.2, 0) is 4.79 Å². The average molecular weight is 235 g/mol. The summed E-state index contributed by atoms with van der Waals surface area (Å²) < 4.78 is 24.0. The molecule has 2 N–H and O–H groups in total. The lowest BCUT2D eigenvalue weighted by Gasteiger charge is -2.32. The van der Waals surface area contributed by atoms with E-state index < -0.39 is 17.9 Å². The summed E-state index contributed by atoms with van der Waals surface area (Å²) in [6.07, 6.45) is 0.147. The molecular weight excluding hydrogens is 216 g/mol. The largest absolute Gasteiger partial charge is 0.385 e. The Balaban J connectivity index is 2.39. The Morgan fingerprint density at radius 3 is 2.44 bits per heavy atom. The Morgan fingerprint density at radius 1 is 1.38 bits per heavy atom. The molecule has 3 nitrogen and oxygen atoms in total. The van der Waals surface area contributed by atoms with Crippen LogP contribution in [0.3, 0.4) is 0 Å². The van der Waals surface area contributed by atoms with Crippen molar-refractivity contribution in [2.75, 3.05) is 6.54 Å². The van der Waals surface area contributed by atoms with Crippen molar-refractivity contribution in [1.29, 1.82) is 0 Å². The van der Waals surface area contributed by atoms with Gasteiger partial charge in [-0.2, -0.15) is 0 Å². The number of aliphatic hydroxyl groups excluding tert-OH is 1. The molecule has 0 aromatic heterocycles. The molecule has 1 unspecified atom stereocenters. The number of aliphatic hydroxyl groups is 1. The fourth-order valence-electron chi connectivity index (χ4n) is 2.06. The van der Waals surface area contributed by atoms with Crippen LogP contribution in [0, 0.1) is 5.41 Å². The maximum absolute atomic E-state index is 12.0. The molecule has 0 spiro atoms. The van der Waals surface area contributed by atoms with E-state index in [1.54, 1.807) is 0 Å². The van der Waals surface area contributed by atoms with Gasteiger partial charge in [0, 0.05) is 12.0 Å². The average Bonchev–Trinajstić information content (AvgIpc) is 2.26. The molecule has 16 heavy (non-hydrogen) atoms. The van der Waals surface area contributed by atoms with Crippen LogP contribution in [0.25, 0.3) is 0 Å². The third kappa shape index (κ3) is 3.40. The maximum atomic E-state index is 12.0. The Bertz CT molecular complexity index is 240. The molecule has 0 saturated heterocycles. The van der Waals surface area contributed by atoms with Crippen molar-refractivity contribution in [3.05, 3.63) is 0 Å². The molecule has 0 aliphatic heterocycles. The van der Waals surface area contributed by atoms with E-state index in [1.807, 2.05) is 6.92 Å². The predicted molar refractivity (Wildman–Crippen MR) is 56.2 cm³/mol. The molecule has 1 amide bonds. The zero-order chi connectivity index (χ0) is 12.2. The smallest absolute Gasteiger partial charge is 0.265 e. The molecular formula is C11H19F2NO2. The second kappa shape index (κ2) is 5.57. The number of carbonyl (C=O) groups excluding carboxylic acids is 1. The van der Waals surface area contributed by atoms with E-state index in [0.29, 0.717) is 0 Å². The number of halogens is 2. The lowest BCUT2D eigenvalue weighted by Crippen LogP contribution is -2.44. The molecule has 1 rings (SSSR count). The van der Waals surface area contributed by atoms with Crippen LogP contribution in [0.1, 0.15) is 39.0 Å². The monoisotopic (exact) mass is 235 g/mol. The van der Waals surface area contributed by atoms with Gasteiger partial charge in [-0.3, -0.25) is 4.79 Å². The summed E-state index contributed by atoms with van der Waals surface area (Å²) in [5.41, 5.74) is -0.444. The van der Waals surface area contributed by atoms with Crippen molar-refractivity contribution >= 4 is 5.91 Å². The zero-order valence-corrected chi connectivity index (χ0v) is 9.51. The van der Waals surface area contributed by atoms with Gasteiger partial charge in [-0.15, -0.1) is 0 Å². The van der Waals surface area contributed by atoms with Gasteiger partial charge in [0.2, 0.25) is 5.91 Å². The van der Waals surface area contributed by atoms with Gasteiger partial charge in [-0.05, 0) is 12.8 Å². The van der Waals surface area contributed by atoms with Crippen LogP contribution < -0.4 is 5.32 Å². The molecule has 0 radical (unpaired) electrons. The normalized spacial score (nSPS) is 21.8. The maximum Gasteiger partial charge on any atom is 0.265 e. The minimum absolute atomic E-state index is 0.216. The first kappa shape index (κ1) is 13.4. The van der Waals surface area contributed by atoms with E-state index in [4.69, 9.17) is 5.11 Å². The molecule has 1 saturated carbocycles. The number of nitrogens with one attached hydrogen (secondary N) is 1. The first-order chi connectivity index (χ1) is 7.46. The van der Waals surface area contributed by atoms with Gasteiger partial charge < -0.3 is 10.4 Å². The van der Waals surface area contributed by atoms with E-state index in [0.717, 1.165) is 32.1 Å². The van der Waals surface area contributed by atoms with Crippen molar-refractivity contribution in [2.24, 2.45) is 5.41 Å². The number of hydrogen-bond acceptors (Lipinski definition) is 2. The summed E-state index contributed by atoms with van der Waals surface area (Å²) in [4.78, 5) is 11.8. The molecule has 1 aliphatic carbocycles. The van der Waals surface area contributed by atoms with Crippen LogP contribution in [0.4, 0.5) is 8.78 Å². The SMILES string of the molecule is CC1(C(=O)NCC(O)C(F)F)CCCCC1. The van der Waals surface area contributed by atoms with Crippen LogP contribution in [-0.4, -0.2) is 30.1 Å². The van der Waals surface area contributed by atoms with Gasteiger partial charge in [-0.1, -0.05) is 26.2 Å². The van der Waals surface area contributed by atoms with E-state index >= 15 is 0 Å². The Hall–Kier alpha value is -0.710. The molecule has 0 bridgehead atoms. The summed E-state index contributed by atoms with van der Waals surface area (Å²) in [6.45, 7) is 1.49. The molecule has 1 aliphatic rings. The van der Waals surface area contributed by atoms with E-state index in [-0.39, 0.29) is 12.5 Å². The molecule has 94 valence electrons. The Morgan fingerprint density at radius 2 is 1.94 bits per heavy atom. The van der Waals surface area contributed by atoms with Crippen LogP contribution in [0.15, 0.2) is 0 Å². The van der Waals surface area contributed by atoms with Crippen LogP contribution in [0.2, 0.25) is 0 Å². The number of rotatable bonds is 4. The highest BCUT2D eigenvalue weighted by molar-refractivity contribution is 5.82. The topological polar surface area (TPSA) is 49.3 Å². The lowest BCUT2D eigenvalue weighted by molar-refractivity contribution is -0.132. The summed E-state index contributed by atoms with van der Waals surface area (Å²) in [5, 5.41) is 11.3. The second-order valence-corrected chi connectivity index (χ2v) is 4.73. The lowest BCUT2D eigenvalue weighted by atomic mass is 9.75. The minimum Gasteiger partial charge on any atom is -0.385 e. The summed E-state index contributed by atoms with van der Waals surface area (Å²) in [5.74, 6) is -0.216. The standard InChI is InChI=1S/C11H19F2NO2/c1-11(5-3-2-4-6-11)10(16)14-7-8(15)9(12)13/h8-9,15H,2-7H2,1H3,(H,14,16). The minimum atomic E-state index is -2.81. The van der Waals surface area contributed by atoms with Crippen LogP contribution >= 0.6 is 0 Å². The Kier molecular flexibility index (Phi) is 4.65. The van der Waals surface area contributed by atoms with Crippen molar-refractivity contribution in [2.45, 2.75) is 51.6 Å². The summed E-state index contributed by atoms with van der Waals surface area (Å²) in [7, 11) is 0. The summed E-state index contributed by atoms with van der Waals surface area (Å²) in [6, 6.07) is 0. The third-order valence-corrected chi connectivity index (χ3v) is 3.27. The second-order valence-electron chi connectivity index (χ2n) is 4.73. The van der Waals surface area contributed by atoms with Gasteiger partial charge in [0.25, 0.3) is 6.43 Å². The van der Waals surface area contributed by atoms with Gasteiger partial charge in [0.15, 0.2) is 0 Å². The van der Waals surface area contributed by atoms with Crippen molar-refractivity contribution < 1.29 is 18.7 Å². The van der Waals surface area contributed by atoms with Crippen molar-refractivity contribution in [3.63, 3.8) is 0 Å². The van der Waals surface area contributed by atoms with Gasteiger partial charge in [0.1, 0.15) is 6.10 Å². The Labute approximate surface area is 94.2 Å². The first-order valence-electron chi connectivity index (χ1n) is 5.70. The fraction of sp³-hybridized carbons (Fsp3) is 0.909. The van der Waals surface area contributed by atoms with Crippen LogP contribution in [0.5, 0.6) is 0 Å².